The Morgan fingerprint density at radius 2 is 1.05 bits per heavy atom. The predicted molar refractivity (Wildman–Crippen MR) is 172 cm³/mol. The third-order valence-electron chi connectivity index (χ3n) is 7.11. The second-order valence-electron chi connectivity index (χ2n) is 9.43. The topological polar surface area (TPSA) is 17.8 Å². The lowest BCUT2D eigenvalue weighted by molar-refractivity contribution is 1.10. The van der Waals surface area contributed by atoms with Crippen LogP contribution in [0.15, 0.2) is 157 Å². The van der Waals surface area contributed by atoms with Gasteiger partial charge in [-0.2, -0.15) is 0 Å². The van der Waals surface area contributed by atoms with Gasteiger partial charge in [-0.25, -0.2) is 4.98 Å². The molecular weight excluding hydrogens is 496 g/mol. The van der Waals surface area contributed by atoms with Crippen molar-refractivity contribution in [1.29, 1.82) is 0 Å². The van der Waals surface area contributed by atoms with Gasteiger partial charge in [0.15, 0.2) is 0 Å². The van der Waals surface area contributed by atoms with Gasteiger partial charge in [-0.3, -0.25) is 4.57 Å². The van der Waals surface area contributed by atoms with Crippen molar-refractivity contribution in [2.24, 2.45) is 0 Å². The molecule has 41 heavy (non-hydrogen) atoms. The molecule has 0 unspecified atom stereocenters. The Balaban J connectivity index is 1.56. The number of benzene rings is 7. The van der Waals surface area contributed by atoms with Gasteiger partial charge in [-0.1, -0.05) is 133 Å². The van der Waals surface area contributed by atoms with E-state index in [-0.39, 0.29) is 56.1 Å². The molecule has 0 saturated carbocycles. The van der Waals surface area contributed by atoms with E-state index in [1.54, 1.807) is 83.4 Å². The molecule has 1 heterocycles. The SMILES string of the molecule is [2H]c1c([2H])c([2H])c(-c2nc3ccccc3n2-c2cccc(-c3c4c([2H])c([2H])c([2H])c([2H])c4c(-c4ccccc4)c4c([2H])c([2H])c([2H])c([2H])c34)c2)c([2H])c1[2H]. The molecule has 2 heteroatoms. The molecule has 0 saturated heterocycles. The van der Waals surface area contributed by atoms with Crippen molar-refractivity contribution in [3.05, 3.63) is 157 Å². The average molecular weight is 536 g/mol. The molecule has 7 aromatic carbocycles. The Morgan fingerprint density at radius 1 is 0.488 bits per heavy atom. The zero-order valence-corrected chi connectivity index (χ0v) is 21.4. The number of fused-ring (bicyclic) bond motifs is 3. The summed E-state index contributed by atoms with van der Waals surface area (Å²) >= 11 is 0. The van der Waals surface area contributed by atoms with Crippen LogP contribution < -0.4 is 0 Å². The van der Waals surface area contributed by atoms with Crippen LogP contribution in [0.4, 0.5) is 0 Å². The van der Waals surface area contributed by atoms with Crippen LogP contribution in [0.3, 0.4) is 0 Å². The monoisotopic (exact) mass is 535 g/mol. The third kappa shape index (κ3) is 3.84. The summed E-state index contributed by atoms with van der Waals surface area (Å²) in [6.07, 6.45) is 0. The van der Waals surface area contributed by atoms with Gasteiger partial charge in [-0.15, -0.1) is 0 Å². The van der Waals surface area contributed by atoms with Gasteiger partial charge in [0.2, 0.25) is 0 Å². The molecule has 8 rings (SSSR count). The van der Waals surface area contributed by atoms with Crippen LogP contribution in [-0.4, -0.2) is 9.55 Å². The molecule has 2 nitrogen and oxygen atoms in total. The van der Waals surface area contributed by atoms with Gasteiger partial charge >= 0.3 is 0 Å². The first kappa shape index (κ1) is 13.7. The lowest BCUT2D eigenvalue weighted by Crippen LogP contribution is -1.98. The highest BCUT2D eigenvalue weighted by molar-refractivity contribution is 6.21. The van der Waals surface area contributed by atoms with E-state index in [0.717, 1.165) is 0 Å². The summed E-state index contributed by atoms with van der Waals surface area (Å²) in [5.74, 6) is 0.0586. The molecule has 1 aromatic heterocycles. The molecule has 0 radical (unpaired) electrons. The van der Waals surface area contributed by atoms with Crippen molar-refractivity contribution >= 4 is 32.6 Å². The number of nitrogens with zero attached hydrogens (tertiary/aromatic N) is 2. The van der Waals surface area contributed by atoms with E-state index in [1.807, 2.05) is 0 Å². The molecule has 0 amide bonds. The van der Waals surface area contributed by atoms with Crippen molar-refractivity contribution in [2.45, 2.75) is 0 Å². The molecule has 192 valence electrons. The van der Waals surface area contributed by atoms with Gasteiger partial charge in [0.25, 0.3) is 0 Å². The number of rotatable bonds is 4. The van der Waals surface area contributed by atoms with Crippen LogP contribution in [0.2, 0.25) is 0 Å². The summed E-state index contributed by atoms with van der Waals surface area (Å²) in [7, 11) is 0. The summed E-state index contributed by atoms with van der Waals surface area (Å²) in [6, 6.07) is 16.4. The van der Waals surface area contributed by atoms with Crippen LogP contribution in [0.1, 0.15) is 17.8 Å². The van der Waals surface area contributed by atoms with Gasteiger partial charge < -0.3 is 0 Å². The zero-order valence-electron chi connectivity index (χ0n) is 34.4. The van der Waals surface area contributed by atoms with Crippen molar-refractivity contribution < 1.29 is 17.8 Å². The molecule has 0 atom stereocenters. The standard InChI is InChI=1S/C39H26N2/c1-3-14-27(15-4-1)37-31-20-7-9-22-33(31)38(34-23-10-8-21-32(34)37)29-18-13-19-30(26-29)41-36-25-12-11-24-35(36)40-39(41)28-16-5-2-6-17-28/h1-26H/i2D,5D,6D,7D,8D,9D,10D,16D,17D,20D,21D,22D,23D. The Kier molecular flexibility index (Phi) is 3.22. The molecule has 8 aromatic rings. The first-order chi connectivity index (χ1) is 25.8. The molecule has 0 aliphatic carbocycles. The molecule has 0 spiro atoms. The summed E-state index contributed by atoms with van der Waals surface area (Å²) in [6.45, 7) is 0. The lowest BCUT2D eigenvalue weighted by Gasteiger charge is -2.18. The van der Waals surface area contributed by atoms with Crippen LogP contribution >= 0.6 is 0 Å². The third-order valence-corrected chi connectivity index (χ3v) is 7.11. The van der Waals surface area contributed by atoms with Gasteiger partial charge in [-0.05, 0) is 68.1 Å². The van der Waals surface area contributed by atoms with Gasteiger partial charge in [0.05, 0.1) is 28.9 Å². The lowest BCUT2D eigenvalue weighted by atomic mass is 9.86. The molecule has 0 bridgehead atoms. The summed E-state index contributed by atoms with van der Waals surface area (Å²) in [5.41, 5.74) is 2.49. The minimum Gasteiger partial charge on any atom is -0.292 e. The highest BCUT2D eigenvalue weighted by Gasteiger charge is 2.18. The normalized spacial score (nSPS) is 15.9. The Bertz CT molecular complexity index is 2810. The van der Waals surface area contributed by atoms with Crippen LogP contribution in [0, 0.1) is 0 Å². The summed E-state index contributed by atoms with van der Waals surface area (Å²) in [4.78, 5) is 4.73. The maximum Gasteiger partial charge on any atom is 0.145 e. The maximum atomic E-state index is 9.23. The van der Waals surface area contributed by atoms with Crippen molar-refractivity contribution in [2.75, 3.05) is 0 Å². The predicted octanol–water partition coefficient (Wildman–Crippen LogP) is 10.3. The smallest absolute Gasteiger partial charge is 0.145 e. The fourth-order valence-corrected chi connectivity index (χ4v) is 5.42. The minimum absolute atomic E-state index is 0.0517. The fourth-order valence-electron chi connectivity index (χ4n) is 5.42. The van der Waals surface area contributed by atoms with E-state index >= 15 is 0 Å². The molecule has 0 fully saturated rings. The highest BCUT2D eigenvalue weighted by atomic mass is 15.1. The second kappa shape index (κ2) is 9.62. The number of imidazole rings is 1. The first-order valence-corrected chi connectivity index (χ1v) is 12.9. The van der Waals surface area contributed by atoms with Crippen LogP contribution in [-0.2, 0) is 0 Å². The van der Waals surface area contributed by atoms with Gasteiger partial charge in [0, 0.05) is 11.3 Å². The number of hydrogen-bond acceptors (Lipinski definition) is 1. The minimum atomic E-state index is -0.551. The van der Waals surface area contributed by atoms with E-state index in [4.69, 9.17) is 20.1 Å². The van der Waals surface area contributed by atoms with E-state index in [2.05, 4.69) is 0 Å². The van der Waals surface area contributed by atoms with E-state index in [9.17, 15) is 2.74 Å². The number of hydrogen-bond donors (Lipinski definition) is 0. The van der Waals surface area contributed by atoms with Crippen LogP contribution in [0.25, 0.3) is 71.9 Å². The average Bonchev–Trinajstić information content (AvgIpc) is 3.57. The Hall–Kier alpha value is -5.47. The largest absolute Gasteiger partial charge is 0.292 e. The van der Waals surface area contributed by atoms with E-state index in [1.165, 1.54) is 0 Å². The molecule has 0 aliphatic rings. The van der Waals surface area contributed by atoms with Gasteiger partial charge in [0.1, 0.15) is 5.82 Å². The maximum absolute atomic E-state index is 9.23. The molecule has 0 aliphatic heterocycles. The zero-order chi connectivity index (χ0) is 38.5. The number of para-hydroxylation sites is 2. The highest BCUT2D eigenvalue weighted by Crippen LogP contribution is 2.44. The van der Waals surface area contributed by atoms with E-state index < -0.39 is 66.5 Å². The van der Waals surface area contributed by atoms with Crippen molar-refractivity contribution in [1.82, 2.24) is 9.55 Å². The fraction of sp³-hybridized carbons (Fsp3) is 0. The van der Waals surface area contributed by atoms with Crippen molar-refractivity contribution in [3.8, 4) is 39.3 Å². The quantitative estimate of drug-likeness (QED) is 0.205. The van der Waals surface area contributed by atoms with Crippen molar-refractivity contribution in [3.63, 3.8) is 0 Å². The Labute approximate surface area is 257 Å². The first-order valence-electron chi connectivity index (χ1n) is 19.4. The summed E-state index contributed by atoms with van der Waals surface area (Å²) < 4.78 is 115. The Morgan fingerprint density at radius 3 is 1.73 bits per heavy atom. The van der Waals surface area contributed by atoms with E-state index in [0.29, 0.717) is 27.8 Å². The molecule has 0 N–H and O–H groups in total. The summed E-state index contributed by atoms with van der Waals surface area (Å²) in [5, 5.41) is 0.266. The number of aromatic nitrogens is 2. The van der Waals surface area contributed by atoms with Crippen LogP contribution in [0.5, 0.6) is 0 Å². The second-order valence-corrected chi connectivity index (χ2v) is 9.43. The molecular formula is C39H26N2.